The van der Waals surface area contributed by atoms with Crippen molar-refractivity contribution < 1.29 is 18.3 Å². The van der Waals surface area contributed by atoms with E-state index in [4.69, 9.17) is 15.4 Å². The number of hydrogen-bond donors (Lipinski definition) is 1. The fraction of sp³-hybridized carbons (Fsp3) is 0.400. The molecule has 0 spiro atoms. The molecule has 1 aromatic rings. The van der Waals surface area contributed by atoms with Crippen molar-refractivity contribution in [3.8, 4) is 0 Å². The van der Waals surface area contributed by atoms with Crippen LogP contribution in [0.3, 0.4) is 0 Å². The van der Waals surface area contributed by atoms with Crippen LogP contribution in [0.1, 0.15) is 12.0 Å². The summed E-state index contributed by atoms with van der Waals surface area (Å²) in [6, 6.07) is 6.17. The third-order valence-corrected chi connectivity index (χ3v) is 4.03. The molecule has 1 aromatic carbocycles. The zero-order chi connectivity index (χ0) is 11.8. The van der Waals surface area contributed by atoms with Crippen LogP contribution < -0.4 is 0 Å². The zero-order valence-corrected chi connectivity index (χ0v) is 9.96. The molecule has 1 aliphatic heterocycles. The van der Waals surface area contributed by atoms with Crippen molar-refractivity contribution >= 4 is 19.7 Å². The third-order valence-electron chi connectivity index (χ3n) is 2.65. The zero-order valence-electron chi connectivity index (χ0n) is 8.39. The summed E-state index contributed by atoms with van der Waals surface area (Å²) in [5, 5.41) is 10.3. The molecule has 0 aliphatic carbocycles. The van der Waals surface area contributed by atoms with Crippen LogP contribution in [0, 0.1) is 0 Å². The van der Waals surface area contributed by atoms with Gasteiger partial charge in [-0.25, -0.2) is 8.42 Å². The maximum atomic E-state index is 11.4. The van der Waals surface area contributed by atoms with Gasteiger partial charge in [-0.2, -0.15) is 0 Å². The molecule has 0 saturated carbocycles. The van der Waals surface area contributed by atoms with E-state index in [1.165, 1.54) is 6.07 Å². The highest BCUT2D eigenvalue weighted by Gasteiger charge is 2.37. The molecule has 1 atom stereocenters. The number of aliphatic hydroxyl groups is 1. The monoisotopic (exact) mass is 262 g/mol. The Kier molecular flexibility index (Phi) is 2.96. The Balaban J connectivity index is 2.57. The van der Waals surface area contributed by atoms with Crippen molar-refractivity contribution in [1.82, 2.24) is 0 Å². The molecule has 16 heavy (non-hydrogen) atoms. The first-order valence-corrected chi connectivity index (χ1v) is 7.09. The Hall–Kier alpha value is -0.620. The van der Waals surface area contributed by atoms with Crippen molar-refractivity contribution in [2.75, 3.05) is 13.2 Å². The molecule has 0 amide bonds. The van der Waals surface area contributed by atoms with Gasteiger partial charge in [-0.15, -0.1) is 0 Å². The largest absolute Gasteiger partial charge is 0.383 e. The summed E-state index contributed by atoms with van der Waals surface area (Å²) < 4.78 is 27.8. The summed E-state index contributed by atoms with van der Waals surface area (Å²) in [6.45, 7) is 0.504. The quantitative estimate of drug-likeness (QED) is 0.814. The summed E-state index contributed by atoms with van der Waals surface area (Å²) in [7, 11) is 1.47. The molecular weight excluding hydrogens is 252 g/mol. The van der Waals surface area contributed by atoms with E-state index in [1.807, 2.05) is 0 Å². The molecule has 1 fully saturated rings. The van der Waals surface area contributed by atoms with Gasteiger partial charge in [-0.3, -0.25) is 0 Å². The molecule has 4 nitrogen and oxygen atoms in total. The van der Waals surface area contributed by atoms with Crippen LogP contribution >= 0.6 is 10.7 Å². The van der Waals surface area contributed by atoms with Gasteiger partial charge in [0.25, 0.3) is 9.05 Å². The second-order valence-corrected chi connectivity index (χ2v) is 6.30. The van der Waals surface area contributed by atoms with Gasteiger partial charge < -0.3 is 9.84 Å². The topological polar surface area (TPSA) is 63.6 Å². The summed E-state index contributed by atoms with van der Waals surface area (Å²) in [6.07, 6.45) is 0.371. The van der Waals surface area contributed by atoms with Crippen LogP contribution in [0.2, 0.25) is 0 Å². The Morgan fingerprint density at radius 2 is 2.06 bits per heavy atom. The van der Waals surface area contributed by atoms with Crippen LogP contribution in [0.15, 0.2) is 29.2 Å². The SMILES string of the molecule is O=S(=O)(Cl)c1ccccc1C1(O)CCOC1. The van der Waals surface area contributed by atoms with Crippen LogP contribution in [0.25, 0.3) is 0 Å². The molecule has 1 heterocycles. The van der Waals surface area contributed by atoms with Gasteiger partial charge in [-0.05, 0) is 6.07 Å². The van der Waals surface area contributed by atoms with E-state index >= 15 is 0 Å². The number of rotatable bonds is 2. The standard InChI is InChI=1S/C10H11ClO4S/c11-16(13,14)9-4-2-1-3-8(9)10(12)5-6-15-7-10/h1-4,12H,5-7H2. The molecule has 88 valence electrons. The fourth-order valence-electron chi connectivity index (χ4n) is 1.83. The lowest BCUT2D eigenvalue weighted by molar-refractivity contribution is 0.0208. The fourth-order valence-corrected chi connectivity index (χ4v) is 3.00. The van der Waals surface area contributed by atoms with Crippen LogP contribution in [0.4, 0.5) is 0 Å². The van der Waals surface area contributed by atoms with E-state index in [2.05, 4.69) is 0 Å². The summed E-state index contributed by atoms with van der Waals surface area (Å²) in [5.41, 5.74) is -0.944. The second kappa shape index (κ2) is 4.00. The number of halogens is 1. The predicted molar refractivity (Wildman–Crippen MR) is 58.8 cm³/mol. The first-order valence-electron chi connectivity index (χ1n) is 4.78. The maximum Gasteiger partial charge on any atom is 0.261 e. The highest BCUT2D eigenvalue weighted by Crippen LogP contribution is 2.35. The minimum atomic E-state index is -3.85. The van der Waals surface area contributed by atoms with Crippen molar-refractivity contribution in [3.63, 3.8) is 0 Å². The molecule has 0 bridgehead atoms. The second-order valence-electron chi connectivity index (χ2n) is 3.77. The number of benzene rings is 1. The lowest BCUT2D eigenvalue weighted by Crippen LogP contribution is -2.27. The molecular formula is C10H11ClO4S. The Morgan fingerprint density at radius 1 is 1.38 bits per heavy atom. The van der Waals surface area contributed by atoms with Gasteiger partial charge in [0.1, 0.15) is 5.60 Å². The van der Waals surface area contributed by atoms with Gasteiger partial charge >= 0.3 is 0 Å². The van der Waals surface area contributed by atoms with Crippen molar-refractivity contribution in [2.45, 2.75) is 16.9 Å². The van der Waals surface area contributed by atoms with E-state index < -0.39 is 14.7 Å². The van der Waals surface area contributed by atoms with Crippen molar-refractivity contribution in [3.05, 3.63) is 29.8 Å². The first-order chi connectivity index (χ1) is 7.43. The smallest absolute Gasteiger partial charge is 0.261 e. The molecule has 0 aromatic heterocycles. The normalized spacial score (nSPS) is 25.9. The molecule has 1 unspecified atom stereocenters. The molecule has 2 rings (SSSR count). The van der Waals surface area contributed by atoms with Gasteiger partial charge in [0.15, 0.2) is 0 Å². The van der Waals surface area contributed by atoms with Gasteiger partial charge in [0, 0.05) is 29.3 Å². The van der Waals surface area contributed by atoms with Crippen molar-refractivity contribution in [2.24, 2.45) is 0 Å². The van der Waals surface area contributed by atoms with Gasteiger partial charge in [-0.1, -0.05) is 18.2 Å². The molecule has 1 saturated heterocycles. The van der Waals surface area contributed by atoms with E-state index in [1.54, 1.807) is 18.2 Å². The summed E-state index contributed by atoms with van der Waals surface area (Å²) >= 11 is 0. The lowest BCUT2D eigenvalue weighted by atomic mass is 9.93. The number of hydrogen-bond acceptors (Lipinski definition) is 4. The summed E-state index contributed by atoms with van der Waals surface area (Å²) in [4.78, 5) is -0.0512. The lowest BCUT2D eigenvalue weighted by Gasteiger charge is -2.22. The molecule has 0 radical (unpaired) electrons. The average molecular weight is 263 g/mol. The van der Waals surface area contributed by atoms with Crippen molar-refractivity contribution in [1.29, 1.82) is 0 Å². The minimum Gasteiger partial charge on any atom is -0.383 e. The molecule has 1 N–H and O–H groups in total. The molecule has 6 heteroatoms. The van der Waals surface area contributed by atoms with Crippen LogP contribution in [-0.2, 0) is 19.4 Å². The highest BCUT2D eigenvalue weighted by molar-refractivity contribution is 8.13. The van der Waals surface area contributed by atoms with Gasteiger partial charge in [0.05, 0.1) is 11.5 Å². The Morgan fingerprint density at radius 3 is 2.62 bits per heavy atom. The van der Waals surface area contributed by atoms with E-state index in [0.717, 1.165) is 0 Å². The highest BCUT2D eigenvalue weighted by atomic mass is 35.7. The van der Waals surface area contributed by atoms with Gasteiger partial charge in [0.2, 0.25) is 0 Å². The predicted octanol–water partition coefficient (Wildman–Crippen LogP) is 1.22. The molecule has 1 aliphatic rings. The maximum absolute atomic E-state index is 11.4. The average Bonchev–Trinajstić information content (AvgIpc) is 2.65. The Labute approximate surface area is 98.2 Å². The third kappa shape index (κ3) is 2.08. The van der Waals surface area contributed by atoms with E-state index in [9.17, 15) is 13.5 Å². The first kappa shape index (κ1) is 11.9. The van der Waals surface area contributed by atoms with E-state index in [-0.39, 0.29) is 11.5 Å². The minimum absolute atomic E-state index is 0.0512. The Bertz CT molecular complexity index is 491. The van der Waals surface area contributed by atoms with Crippen LogP contribution in [-0.4, -0.2) is 26.7 Å². The number of ether oxygens (including phenoxy) is 1. The summed E-state index contributed by atoms with van der Waals surface area (Å²) in [5.74, 6) is 0. The van der Waals surface area contributed by atoms with Crippen LogP contribution in [0.5, 0.6) is 0 Å². The van der Waals surface area contributed by atoms with E-state index in [0.29, 0.717) is 18.6 Å².